The fourth-order valence-corrected chi connectivity index (χ4v) is 2.10. The van der Waals surface area contributed by atoms with Crippen LogP contribution in [0.3, 0.4) is 0 Å². The highest BCUT2D eigenvalue weighted by atomic mass is 16.4. The molecule has 4 nitrogen and oxygen atoms in total. The van der Waals surface area contributed by atoms with E-state index in [1.807, 2.05) is 6.07 Å². The minimum atomic E-state index is -0.919. The van der Waals surface area contributed by atoms with Crippen LogP contribution < -0.4 is 0 Å². The number of benzene rings is 1. The maximum Gasteiger partial charge on any atom is 0.337 e. The van der Waals surface area contributed by atoms with E-state index in [0.717, 1.165) is 24.2 Å². The third kappa shape index (κ3) is 1.30. The standard InChI is InChI=1S/C12H12N2O2/c15-12(16)8-5-2-6-9-10(8)14-11(13-9)7-3-1-4-7/h2,5-7H,1,3-4H2,(H,13,14)(H,15,16). The van der Waals surface area contributed by atoms with Crippen molar-refractivity contribution in [3.05, 3.63) is 29.6 Å². The van der Waals surface area contributed by atoms with Gasteiger partial charge in [-0.05, 0) is 25.0 Å². The fourth-order valence-electron chi connectivity index (χ4n) is 2.10. The number of nitrogens with zero attached hydrogens (tertiary/aromatic N) is 1. The number of fused-ring (bicyclic) bond motifs is 1. The summed E-state index contributed by atoms with van der Waals surface area (Å²) in [7, 11) is 0. The van der Waals surface area contributed by atoms with Gasteiger partial charge >= 0.3 is 5.97 Å². The molecule has 1 aromatic heterocycles. The third-order valence-electron chi connectivity index (χ3n) is 3.25. The Hall–Kier alpha value is -1.84. The van der Waals surface area contributed by atoms with Crippen LogP contribution in [0.2, 0.25) is 0 Å². The number of carbonyl (C=O) groups is 1. The molecular formula is C12H12N2O2. The molecule has 0 atom stereocenters. The first-order chi connectivity index (χ1) is 7.75. The number of carboxylic acids is 1. The molecule has 1 fully saturated rings. The van der Waals surface area contributed by atoms with Gasteiger partial charge in [0.2, 0.25) is 0 Å². The van der Waals surface area contributed by atoms with Crippen molar-refractivity contribution < 1.29 is 9.90 Å². The smallest absolute Gasteiger partial charge is 0.337 e. The lowest BCUT2D eigenvalue weighted by atomic mass is 9.85. The Kier molecular flexibility index (Phi) is 1.96. The summed E-state index contributed by atoms with van der Waals surface area (Å²) in [6, 6.07) is 5.21. The van der Waals surface area contributed by atoms with Crippen molar-refractivity contribution in [3.8, 4) is 0 Å². The molecule has 0 amide bonds. The molecule has 3 rings (SSSR count). The number of H-pyrrole nitrogens is 1. The number of hydrogen-bond donors (Lipinski definition) is 2. The van der Waals surface area contributed by atoms with Gasteiger partial charge < -0.3 is 10.1 Å². The van der Waals surface area contributed by atoms with Gasteiger partial charge in [0.15, 0.2) is 0 Å². The van der Waals surface area contributed by atoms with E-state index < -0.39 is 5.97 Å². The normalized spacial score (nSPS) is 16.2. The Balaban J connectivity index is 2.15. The summed E-state index contributed by atoms with van der Waals surface area (Å²) in [5.74, 6) is 0.515. The Labute approximate surface area is 92.3 Å². The Morgan fingerprint density at radius 3 is 2.88 bits per heavy atom. The van der Waals surface area contributed by atoms with Crippen LogP contribution in [0.15, 0.2) is 18.2 Å². The summed E-state index contributed by atoms with van der Waals surface area (Å²) < 4.78 is 0. The molecule has 16 heavy (non-hydrogen) atoms. The predicted molar refractivity (Wildman–Crippen MR) is 59.6 cm³/mol. The number of para-hydroxylation sites is 1. The lowest BCUT2D eigenvalue weighted by molar-refractivity contribution is 0.0699. The molecule has 1 aliphatic rings. The van der Waals surface area contributed by atoms with E-state index in [2.05, 4.69) is 9.97 Å². The van der Waals surface area contributed by atoms with Gasteiger partial charge in [0.05, 0.1) is 11.1 Å². The minimum Gasteiger partial charge on any atom is -0.478 e. The number of rotatable bonds is 2. The average molecular weight is 216 g/mol. The van der Waals surface area contributed by atoms with Crippen LogP contribution in [0.25, 0.3) is 11.0 Å². The fraction of sp³-hybridized carbons (Fsp3) is 0.333. The number of imidazole rings is 1. The molecule has 0 unspecified atom stereocenters. The van der Waals surface area contributed by atoms with Gasteiger partial charge in [-0.25, -0.2) is 9.78 Å². The van der Waals surface area contributed by atoms with Gasteiger partial charge in [-0.15, -0.1) is 0 Å². The van der Waals surface area contributed by atoms with Crippen LogP contribution in [0.5, 0.6) is 0 Å². The van der Waals surface area contributed by atoms with E-state index in [4.69, 9.17) is 5.11 Å². The second-order valence-electron chi connectivity index (χ2n) is 4.26. The second-order valence-corrected chi connectivity index (χ2v) is 4.26. The molecule has 1 aromatic carbocycles. The van der Waals surface area contributed by atoms with Crippen molar-refractivity contribution in [1.29, 1.82) is 0 Å². The van der Waals surface area contributed by atoms with E-state index in [9.17, 15) is 4.79 Å². The van der Waals surface area contributed by atoms with Crippen molar-refractivity contribution in [1.82, 2.24) is 9.97 Å². The van der Waals surface area contributed by atoms with E-state index in [-0.39, 0.29) is 5.56 Å². The van der Waals surface area contributed by atoms with Gasteiger partial charge in [0.25, 0.3) is 0 Å². The highest BCUT2D eigenvalue weighted by molar-refractivity contribution is 6.00. The SMILES string of the molecule is O=C(O)c1cccc2[nH]c(C3CCC3)nc12. The number of aromatic carboxylic acids is 1. The molecule has 2 aromatic rings. The number of hydrogen-bond acceptors (Lipinski definition) is 2. The molecule has 0 spiro atoms. The van der Waals surface area contributed by atoms with E-state index in [1.165, 1.54) is 6.42 Å². The van der Waals surface area contributed by atoms with Gasteiger partial charge in [-0.1, -0.05) is 12.5 Å². The number of aromatic amines is 1. The third-order valence-corrected chi connectivity index (χ3v) is 3.25. The maximum atomic E-state index is 11.0. The first-order valence-corrected chi connectivity index (χ1v) is 5.47. The van der Waals surface area contributed by atoms with Crippen LogP contribution >= 0.6 is 0 Å². The minimum absolute atomic E-state index is 0.277. The quantitative estimate of drug-likeness (QED) is 0.810. The molecular weight excluding hydrogens is 204 g/mol. The lowest BCUT2D eigenvalue weighted by Crippen LogP contribution is -2.10. The van der Waals surface area contributed by atoms with Crippen molar-refractivity contribution in [2.24, 2.45) is 0 Å². The highest BCUT2D eigenvalue weighted by Gasteiger charge is 2.23. The van der Waals surface area contributed by atoms with Gasteiger partial charge in [0.1, 0.15) is 11.3 Å². The largest absolute Gasteiger partial charge is 0.478 e. The van der Waals surface area contributed by atoms with Crippen LogP contribution in [-0.4, -0.2) is 21.0 Å². The summed E-state index contributed by atoms with van der Waals surface area (Å²) in [6.45, 7) is 0. The zero-order valence-electron chi connectivity index (χ0n) is 8.73. The average Bonchev–Trinajstić information content (AvgIpc) is 2.56. The molecule has 0 bridgehead atoms. The second kappa shape index (κ2) is 3.33. The summed E-state index contributed by atoms with van der Waals surface area (Å²) in [4.78, 5) is 18.7. The van der Waals surface area contributed by atoms with E-state index in [1.54, 1.807) is 12.1 Å². The lowest BCUT2D eigenvalue weighted by Gasteiger charge is -2.22. The summed E-state index contributed by atoms with van der Waals surface area (Å²) >= 11 is 0. The summed E-state index contributed by atoms with van der Waals surface area (Å²) in [6.07, 6.45) is 3.55. The van der Waals surface area contributed by atoms with Gasteiger partial charge in [0, 0.05) is 5.92 Å². The highest BCUT2D eigenvalue weighted by Crippen LogP contribution is 2.35. The molecule has 0 saturated heterocycles. The van der Waals surface area contributed by atoms with Crippen molar-refractivity contribution >= 4 is 17.0 Å². The number of aromatic nitrogens is 2. The number of carboxylic acid groups (broad SMARTS) is 1. The van der Waals surface area contributed by atoms with Crippen molar-refractivity contribution in [3.63, 3.8) is 0 Å². The van der Waals surface area contributed by atoms with Crippen LogP contribution in [-0.2, 0) is 0 Å². The zero-order valence-corrected chi connectivity index (χ0v) is 8.73. The zero-order chi connectivity index (χ0) is 11.1. The van der Waals surface area contributed by atoms with Crippen molar-refractivity contribution in [2.45, 2.75) is 25.2 Å². The molecule has 4 heteroatoms. The van der Waals surface area contributed by atoms with Crippen LogP contribution in [0.4, 0.5) is 0 Å². The van der Waals surface area contributed by atoms with Crippen LogP contribution in [0.1, 0.15) is 41.4 Å². The molecule has 1 heterocycles. The topological polar surface area (TPSA) is 66.0 Å². The van der Waals surface area contributed by atoms with E-state index in [0.29, 0.717) is 11.4 Å². The van der Waals surface area contributed by atoms with Crippen LogP contribution in [0, 0.1) is 0 Å². The first-order valence-electron chi connectivity index (χ1n) is 5.47. The summed E-state index contributed by atoms with van der Waals surface area (Å²) in [5.41, 5.74) is 1.68. The Morgan fingerprint density at radius 2 is 2.25 bits per heavy atom. The molecule has 0 aliphatic heterocycles. The summed E-state index contributed by atoms with van der Waals surface area (Å²) in [5, 5.41) is 9.05. The van der Waals surface area contributed by atoms with Gasteiger partial charge in [-0.3, -0.25) is 0 Å². The first kappa shape index (κ1) is 9.39. The molecule has 2 N–H and O–H groups in total. The van der Waals surface area contributed by atoms with Gasteiger partial charge in [-0.2, -0.15) is 0 Å². The predicted octanol–water partition coefficient (Wildman–Crippen LogP) is 2.53. The van der Waals surface area contributed by atoms with Crippen molar-refractivity contribution in [2.75, 3.05) is 0 Å². The number of nitrogens with one attached hydrogen (secondary N) is 1. The molecule has 0 radical (unpaired) electrons. The Bertz CT molecular complexity index is 555. The molecule has 82 valence electrons. The monoisotopic (exact) mass is 216 g/mol. The maximum absolute atomic E-state index is 11.0. The Morgan fingerprint density at radius 1 is 1.44 bits per heavy atom. The molecule has 1 saturated carbocycles. The van der Waals surface area contributed by atoms with E-state index >= 15 is 0 Å². The molecule has 1 aliphatic carbocycles.